The molecular weight excluding hydrogens is 371 g/mol. The van der Waals surface area contributed by atoms with E-state index in [-0.39, 0.29) is 23.8 Å². The minimum Gasteiger partial charge on any atom is -0.349 e. The summed E-state index contributed by atoms with van der Waals surface area (Å²) in [7, 11) is 0. The van der Waals surface area contributed by atoms with E-state index in [0.29, 0.717) is 24.1 Å². The molecular formula is C21H23FN6O. The van der Waals surface area contributed by atoms with Crippen molar-refractivity contribution in [3.8, 4) is 0 Å². The molecule has 0 spiro atoms. The average Bonchev–Trinajstić information content (AvgIpc) is 3.12. The second-order valence-electron chi connectivity index (χ2n) is 7.99. The molecule has 1 unspecified atom stereocenters. The Kier molecular flexibility index (Phi) is 4.22. The minimum absolute atomic E-state index is 0.0567. The van der Waals surface area contributed by atoms with Crippen LogP contribution >= 0.6 is 0 Å². The number of aryl methyl sites for hydroxylation is 2. The van der Waals surface area contributed by atoms with Crippen LogP contribution in [0.1, 0.15) is 59.9 Å². The molecule has 1 amide bonds. The van der Waals surface area contributed by atoms with Gasteiger partial charge in [-0.3, -0.25) is 9.78 Å². The molecule has 7 nitrogen and oxygen atoms in total. The highest BCUT2D eigenvalue weighted by Crippen LogP contribution is 2.34. The van der Waals surface area contributed by atoms with Gasteiger partial charge in [-0.1, -0.05) is 0 Å². The first-order valence-electron chi connectivity index (χ1n) is 10.1. The number of fused-ring (bicyclic) bond motifs is 1. The molecule has 2 bridgehead atoms. The van der Waals surface area contributed by atoms with Gasteiger partial charge in [0.25, 0.3) is 5.91 Å². The Balaban J connectivity index is 1.72. The van der Waals surface area contributed by atoms with E-state index in [0.717, 1.165) is 42.0 Å². The van der Waals surface area contributed by atoms with Crippen molar-refractivity contribution in [1.82, 2.24) is 24.9 Å². The summed E-state index contributed by atoms with van der Waals surface area (Å²) in [6, 6.07) is 1.46. The first-order valence-corrected chi connectivity index (χ1v) is 10.1. The maximum Gasteiger partial charge on any atom is 0.256 e. The summed E-state index contributed by atoms with van der Waals surface area (Å²) in [5, 5.41) is 7.38. The number of pyridine rings is 1. The second kappa shape index (κ2) is 6.79. The van der Waals surface area contributed by atoms with Crippen LogP contribution in [-0.4, -0.2) is 38.1 Å². The maximum absolute atomic E-state index is 14.1. The molecule has 0 radical (unpaired) electrons. The van der Waals surface area contributed by atoms with Crippen molar-refractivity contribution in [2.45, 2.75) is 51.6 Å². The van der Waals surface area contributed by atoms with Crippen molar-refractivity contribution in [1.29, 1.82) is 0 Å². The highest BCUT2D eigenvalue weighted by Gasteiger charge is 2.29. The topological polar surface area (TPSA) is 75.4 Å². The molecule has 3 aromatic rings. The number of hydrogen-bond donors (Lipinski definition) is 1. The SMILES string of the molecule is CC1c2cc(F)cnc2CC[C@@H](C)NC(=O)c2cnn3cc4c(nc23)N1CCC4. The van der Waals surface area contributed by atoms with E-state index in [4.69, 9.17) is 4.98 Å². The van der Waals surface area contributed by atoms with Crippen molar-refractivity contribution in [3.63, 3.8) is 0 Å². The molecule has 0 fully saturated rings. The lowest BCUT2D eigenvalue weighted by Gasteiger charge is -2.36. The Morgan fingerprint density at radius 3 is 2.97 bits per heavy atom. The van der Waals surface area contributed by atoms with E-state index in [2.05, 4.69) is 27.2 Å². The van der Waals surface area contributed by atoms with Crippen LogP contribution in [0.5, 0.6) is 0 Å². The Hall–Kier alpha value is -3.03. The second-order valence-corrected chi connectivity index (χ2v) is 7.99. The van der Waals surface area contributed by atoms with Gasteiger partial charge in [0.1, 0.15) is 17.2 Å². The lowest BCUT2D eigenvalue weighted by atomic mass is 9.98. The van der Waals surface area contributed by atoms with Crippen LogP contribution in [0.4, 0.5) is 10.2 Å². The van der Waals surface area contributed by atoms with Crippen molar-refractivity contribution < 1.29 is 9.18 Å². The molecule has 29 heavy (non-hydrogen) atoms. The van der Waals surface area contributed by atoms with Crippen LogP contribution in [0.3, 0.4) is 0 Å². The van der Waals surface area contributed by atoms with Crippen molar-refractivity contribution >= 4 is 17.4 Å². The minimum atomic E-state index is -0.333. The zero-order chi connectivity index (χ0) is 20.1. The van der Waals surface area contributed by atoms with Crippen LogP contribution in [0.2, 0.25) is 0 Å². The molecule has 5 rings (SSSR count). The first-order chi connectivity index (χ1) is 14.0. The molecule has 3 aromatic heterocycles. The molecule has 2 aliphatic heterocycles. The standard InChI is InChI=1S/C21H23FN6O/c1-12-5-6-18-16(8-15(22)9-23-18)13(2)27-7-3-4-14-11-28-20(26-19(14)27)17(10-24-28)21(29)25-12/h8-13H,3-7H2,1-2H3,(H,25,29)/t12-,13?/m1/s1. The molecule has 150 valence electrons. The van der Waals surface area contributed by atoms with Gasteiger partial charge in [-0.2, -0.15) is 5.10 Å². The number of anilines is 1. The van der Waals surface area contributed by atoms with E-state index in [1.807, 2.05) is 13.1 Å². The highest BCUT2D eigenvalue weighted by atomic mass is 19.1. The number of aromatic nitrogens is 4. The average molecular weight is 394 g/mol. The molecule has 2 atom stereocenters. The lowest BCUT2D eigenvalue weighted by molar-refractivity contribution is 0.0940. The van der Waals surface area contributed by atoms with Crippen LogP contribution in [0.15, 0.2) is 24.7 Å². The van der Waals surface area contributed by atoms with E-state index in [1.54, 1.807) is 16.8 Å². The summed E-state index contributed by atoms with van der Waals surface area (Å²) < 4.78 is 15.8. The van der Waals surface area contributed by atoms with Crippen molar-refractivity contribution in [3.05, 3.63) is 52.9 Å². The fraction of sp³-hybridized carbons (Fsp3) is 0.429. The van der Waals surface area contributed by atoms with Crippen molar-refractivity contribution in [2.75, 3.05) is 11.4 Å². The van der Waals surface area contributed by atoms with Gasteiger partial charge in [0.15, 0.2) is 5.65 Å². The number of rotatable bonds is 0. The summed E-state index contributed by atoms with van der Waals surface area (Å²) in [6.45, 7) is 4.86. The van der Waals surface area contributed by atoms with E-state index >= 15 is 0 Å². The number of amides is 1. The third-order valence-electron chi connectivity index (χ3n) is 5.99. The number of halogens is 1. The van der Waals surface area contributed by atoms with Gasteiger partial charge < -0.3 is 10.2 Å². The Bertz CT molecular complexity index is 1110. The smallest absolute Gasteiger partial charge is 0.256 e. The van der Waals surface area contributed by atoms with Gasteiger partial charge in [0.2, 0.25) is 0 Å². The Morgan fingerprint density at radius 1 is 1.24 bits per heavy atom. The third-order valence-corrected chi connectivity index (χ3v) is 5.99. The molecule has 0 saturated carbocycles. The largest absolute Gasteiger partial charge is 0.349 e. The van der Waals surface area contributed by atoms with E-state index in [9.17, 15) is 9.18 Å². The normalized spacial score (nSPS) is 21.9. The van der Waals surface area contributed by atoms with E-state index < -0.39 is 0 Å². The Morgan fingerprint density at radius 2 is 2.10 bits per heavy atom. The zero-order valence-electron chi connectivity index (χ0n) is 16.5. The Labute approximate surface area is 168 Å². The lowest BCUT2D eigenvalue weighted by Crippen LogP contribution is -2.34. The van der Waals surface area contributed by atoms with Crippen LogP contribution in [0.25, 0.3) is 5.65 Å². The molecule has 1 N–H and O–H groups in total. The molecule has 0 saturated heterocycles. The number of nitrogens with zero attached hydrogens (tertiary/aromatic N) is 5. The summed E-state index contributed by atoms with van der Waals surface area (Å²) in [6.07, 6.45) is 8.07. The molecule has 0 aromatic carbocycles. The van der Waals surface area contributed by atoms with Crippen LogP contribution < -0.4 is 10.2 Å². The quantitative estimate of drug-likeness (QED) is 0.635. The predicted molar refractivity (Wildman–Crippen MR) is 107 cm³/mol. The number of nitrogens with one attached hydrogen (secondary N) is 1. The van der Waals surface area contributed by atoms with Gasteiger partial charge >= 0.3 is 0 Å². The van der Waals surface area contributed by atoms with Gasteiger partial charge in [-0.25, -0.2) is 13.9 Å². The summed E-state index contributed by atoms with van der Waals surface area (Å²) in [4.78, 5) is 24.3. The predicted octanol–water partition coefficient (Wildman–Crippen LogP) is 2.84. The maximum atomic E-state index is 14.1. The van der Waals surface area contributed by atoms with Crippen LogP contribution in [0, 0.1) is 5.82 Å². The monoisotopic (exact) mass is 394 g/mol. The third kappa shape index (κ3) is 3.03. The number of carbonyl (C=O) groups is 1. The van der Waals surface area contributed by atoms with Gasteiger partial charge in [0, 0.05) is 30.0 Å². The fourth-order valence-corrected chi connectivity index (χ4v) is 4.40. The van der Waals surface area contributed by atoms with E-state index in [1.165, 1.54) is 6.20 Å². The van der Waals surface area contributed by atoms with Gasteiger partial charge in [-0.15, -0.1) is 0 Å². The summed E-state index contributed by atoms with van der Waals surface area (Å²) in [5.74, 6) is 0.329. The molecule has 5 heterocycles. The zero-order valence-corrected chi connectivity index (χ0v) is 16.5. The van der Waals surface area contributed by atoms with Crippen LogP contribution in [-0.2, 0) is 12.8 Å². The summed E-state index contributed by atoms with van der Waals surface area (Å²) >= 11 is 0. The van der Waals surface area contributed by atoms with Crippen molar-refractivity contribution in [2.24, 2.45) is 0 Å². The molecule has 2 aliphatic rings. The highest BCUT2D eigenvalue weighted by molar-refractivity contribution is 6.00. The molecule has 0 aliphatic carbocycles. The fourth-order valence-electron chi connectivity index (χ4n) is 4.40. The van der Waals surface area contributed by atoms with Gasteiger partial charge in [0.05, 0.1) is 18.4 Å². The molecule has 8 heteroatoms. The number of hydrogen-bond acceptors (Lipinski definition) is 5. The van der Waals surface area contributed by atoms with Gasteiger partial charge in [-0.05, 0) is 51.2 Å². The first kappa shape index (κ1) is 18.0. The number of carbonyl (C=O) groups excluding carboxylic acids is 1. The summed E-state index contributed by atoms with van der Waals surface area (Å²) in [5.41, 5.74) is 3.85.